The van der Waals surface area contributed by atoms with Crippen molar-refractivity contribution < 1.29 is 9.13 Å². The highest BCUT2D eigenvalue weighted by Gasteiger charge is 2.33. The summed E-state index contributed by atoms with van der Waals surface area (Å²) in [5.74, 6) is 0. The summed E-state index contributed by atoms with van der Waals surface area (Å²) in [6.07, 6.45) is 4.28. The molecule has 17 aromatic carbocycles. The van der Waals surface area contributed by atoms with E-state index in [0.29, 0.717) is 0 Å². The highest BCUT2D eigenvalue weighted by atomic mass is 31.2. The number of hydrogen-bond donors (Lipinski definition) is 0. The summed E-state index contributed by atoms with van der Waals surface area (Å²) in [4.78, 5) is 0. The van der Waals surface area contributed by atoms with Crippen molar-refractivity contribution in [2.45, 2.75) is 6.92 Å². The van der Waals surface area contributed by atoms with Crippen molar-refractivity contribution in [2.24, 2.45) is 0 Å². The quantitative estimate of drug-likeness (QED) is 0.0777. The lowest BCUT2D eigenvalue weighted by Gasteiger charge is -2.22. The van der Waals surface area contributed by atoms with Crippen molar-refractivity contribution in [3.8, 4) is 11.1 Å². The topological polar surface area (TPSA) is 34.1 Å². The Morgan fingerprint density at radius 2 is 0.560 bits per heavy atom. The van der Waals surface area contributed by atoms with Crippen molar-refractivity contribution >= 4 is 172 Å². The lowest BCUT2D eigenvalue weighted by atomic mass is 9.88. The first-order valence-electron chi connectivity index (χ1n) is 31.1. The Bertz CT molecular complexity index is 5810. The van der Waals surface area contributed by atoms with Crippen molar-refractivity contribution in [2.75, 3.05) is 0 Å². The van der Waals surface area contributed by atoms with Crippen LogP contribution >= 0.6 is 14.3 Å². The van der Waals surface area contributed by atoms with E-state index < -0.39 is 14.3 Å². The van der Waals surface area contributed by atoms with Crippen LogP contribution in [-0.2, 0) is 9.13 Å². The molecule has 0 aliphatic carbocycles. The predicted octanol–water partition coefficient (Wildman–Crippen LogP) is 21.4. The summed E-state index contributed by atoms with van der Waals surface area (Å²) in [5, 5.41) is 27.3. The summed E-state index contributed by atoms with van der Waals surface area (Å²) in [6, 6.07) is 109. The second kappa shape index (κ2) is 21.5. The molecule has 0 saturated heterocycles. The van der Waals surface area contributed by atoms with Gasteiger partial charge in [0, 0.05) is 31.8 Å². The molecular formula is C87H58O2P2. The van der Waals surface area contributed by atoms with E-state index in [2.05, 4.69) is 329 Å². The van der Waals surface area contributed by atoms with Gasteiger partial charge in [-0.05, 0) is 178 Å². The van der Waals surface area contributed by atoms with E-state index in [9.17, 15) is 0 Å². The van der Waals surface area contributed by atoms with E-state index in [1.807, 2.05) is 6.08 Å². The van der Waals surface area contributed by atoms with Gasteiger partial charge in [-0.15, -0.1) is 0 Å². The van der Waals surface area contributed by atoms with E-state index in [1.54, 1.807) is 0 Å². The van der Waals surface area contributed by atoms with Crippen molar-refractivity contribution in [1.82, 2.24) is 0 Å². The first-order chi connectivity index (χ1) is 44.7. The zero-order valence-corrected chi connectivity index (χ0v) is 51.8. The van der Waals surface area contributed by atoms with E-state index in [1.165, 1.54) is 0 Å². The van der Waals surface area contributed by atoms with Gasteiger partial charge in [0.1, 0.15) is 0 Å². The van der Waals surface area contributed by atoms with Crippen LogP contribution in [0.3, 0.4) is 0 Å². The van der Waals surface area contributed by atoms with Crippen LogP contribution in [0.1, 0.15) is 23.6 Å². The molecule has 0 aromatic heterocycles. The zero-order valence-electron chi connectivity index (χ0n) is 50.0. The summed E-state index contributed by atoms with van der Waals surface area (Å²) < 4.78 is 33.4. The molecule has 428 valence electrons. The minimum Gasteiger partial charge on any atom is -0.309 e. The second-order valence-corrected chi connectivity index (χ2v) is 29.8. The van der Waals surface area contributed by atoms with Gasteiger partial charge in [0.25, 0.3) is 0 Å². The monoisotopic (exact) mass is 1200 g/mol. The summed E-state index contributed by atoms with van der Waals surface area (Å²) in [7, 11) is -6.94. The highest BCUT2D eigenvalue weighted by molar-refractivity contribution is 7.85. The van der Waals surface area contributed by atoms with Gasteiger partial charge in [-0.1, -0.05) is 298 Å². The third kappa shape index (κ3) is 8.85. The molecule has 17 aromatic rings. The molecule has 0 fully saturated rings. The Balaban J connectivity index is 0.750. The normalized spacial score (nSPS) is 12.4. The average Bonchev–Trinajstić information content (AvgIpc) is 1.15. The van der Waals surface area contributed by atoms with Crippen LogP contribution in [0.2, 0.25) is 0 Å². The van der Waals surface area contributed by atoms with Crippen LogP contribution in [0.5, 0.6) is 0 Å². The first kappa shape index (κ1) is 54.4. The van der Waals surface area contributed by atoms with Gasteiger partial charge in [0.2, 0.25) is 0 Å². The molecule has 0 heterocycles. The summed E-state index contributed by atoms with van der Waals surface area (Å²) >= 11 is 0. The van der Waals surface area contributed by atoms with Gasteiger partial charge >= 0.3 is 0 Å². The zero-order chi connectivity index (χ0) is 61.0. The lowest BCUT2D eigenvalue weighted by molar-refractivity contribution is 0.591. The molecule has 2 nitrogen and oxygen atoms in total. The molecule has 91 heavy (non-hydrogen) atoms. The molecule has 0 radical (unpaired) electrons. The Morgan fingerprint density at radius 1 is 0.264 bits per heavy atom. The fraction of sp³-hybridized carbons (Fsp3) is 0.0115. The Hall–Kier alpha value is -10.7. The third-order valence-corrected chi connectivity index (χ3v) is 25.4. The molecule has 0 aliphatic heterocycles. The maximum Gasteiger partial charge on any atom is 0.171 e. The summed E-state index contributed by atoms with van der Waals surface area (Å²) in [5.41, 5.74) is 6.35. The molecule has 0 bridgehead atoms. The Kier molecular flexibility index (Phi) is 12.9. The number of hydrogen-bond acceptors (Lipinski definition) is 2. The summed E-state index contributed by atoms with van der Waals surface area (Å²) in [6.45, 7) is 6.60. The van der Waals surface area contributed by atoms with Gasteiger partial charge < -0.3 is 9.13 Å². The lowest BCUT2D eigenvalue weighted by Crippen LogP contribution is -2.25. The van der Waals surface area contributed by atoms with Gasteiger partial charge in [-0.3, -0.25) is 0 Å². The van der Waals surface area contributed by atoms with Gasteiger partial charge in [-0.25, -0.2) is 0 Å². The van der Waals surface area contributed by atoms with Gasteiger partial charge in [0.15, 0.2) is 14.3 Å². The molecule has 0 unspecified atom stereocenters. The molecule has 0 amide bonds. The molecular weight excluding hydrogens is 1140 g/mol. The molecule has 0 N–H and O–H groups in total. The van der Waals surface area contributed by atoms with E-state index >= 15 is 9.13 Å². The molecule has 0 saturated carbocycles. The first-order valence-corrected chi connectivity index (χ1v) is 34.5. The molecule has 0 aliphatic rings. The van der Waals surface area contributed by atoms with Crippen LogP contribution in [0, 0.1) is 0 Å². The van der Waals surface area contributed by atoms with Crippen molar-refractivity contribution in [3.05, 3.63) is 333 Å². The highest BCUT2D eigenvalue weighted by Crippen LogP contribution is 2.48. The number of allylic oxidation sites excluding steroid dienone is 1. The molecule has 4 heteroatoms. The van der Waals surface area contributed by atoms with Crippen LogP contribution in [0.4, 0.5) is 0 Å². The van der Waals surface area contributed by atoms with E-state index in [-0.39, 0.29) is 0 Å². The fourth-order valence-electron chi connectivity index (χ4n) is 14.5. The number of benzene rings is 17. The molecule has 17 rings (SSSR count). The van der Waals surface area contributed by atoms with Crippen molar-refractivity contribution in [1.29, 1.82) is 0 Å². The minimum absolute atomic E-state index is 0.781. The number of fused-ring (bicyclic) bond motifs is 15. The van der Waals surface area contributed by atoms with Crippen LogP contribution < -0.4 is 31.8 Å². The van der Waals surface area contributed by atoms with Gasteiger partial charge in [0.05, 0.1) is 0 Å². The standard InChI is InChI=1S/C87H58O2P2/c1-3-74-81-49-40-67(58-34-43-69(44-35-58)91(89,72-47-38-65-30-26-61-16-6-10-20-77(61)84(65)54-72)73-48-39-66-31-27-62-17-7-11-21-78(62)85(66)55-73)51-87(81)80-23-13-12-22-79(80)86(74)50-56(2)57-32-41-68(42-33-57)90(88,70-45-36-63-28-24-59-14-4-8-18-75(59)82(63)52-70)71-46-37-64-29-25-60-15-5-9-19-76(60)83(64)53-71/h3-55H,1H2,2H3/b56-50+. The third-order valence-electron chi connectivity index (χ3n) is 19.3. The largest absolute Gasteiger partial charge is 0.309 e. The Morgan fingerprint density at radius 3 is 0.945 bits per heavy atom. The van der Waals surface area contributed by atoms with Gasteiger partial charge in [-0.2, -0.15) is 0 Å². The second-order valence-electron chi connectivity index (χ2n) is 24.2. The van der Waals surface area contributed by atoms with Crippen molar-refractivity contribution in [3.63, 3.8) is 0 Å². The maximum absolute atomic E-state index is 16.7. The average molecular weight is 1200 g/mol. The predicted molar refractivity (Wildman–Crippen MR) is 396 cm³/mol. The van der Waals surface area contributed by atoms with E-state index in [0.717, 1.165) is 173 Å². The smallest absolute Gasteiger partial charge is 0.171 e. The molecule has 0 atom stereocenters. The maximum atomic E-state index is 16.7. The van der Waals surface area contributed by atoms with Crippen LogP contribution in [0.15, 0.2) is 316 Å². The van der Waals surface area contributed by atoms with Crippen LogP contribution in [-0.4, -0.2) is 0 Å². The molecule has 0 spiro atoms. The fourth-order valence-corrected chi connectivity index (χ4v) is 19.8. The SMILES string of the molecule is C=Cc1c(/C=C(\C)c2ccc(P(=O)(c3ccc4ccc5ccccc5c4c3)c3ccc4ccc5ccccc5c4c3)cc2)c2ccccc2c2cc(-c3ccc(P(=O)(c4ccc5ccc6ccccc6c5c4)c4ccc5ccc6ccccc6c5c4)cc3)ccc12. The number of rotatable bonds is 10. The minimum atomic E-state index is -3.47. The van der Waals surface area contributed by atoms with E-state index in [4.69, 9.17) is 0 Å². The Labute approximate surface area is 528 Å². The van der Waals surface area contributed by atoms with Crippen LogP contribution in [0.25, 0.3) is 137 Å².